The fourth-order valence-corrected chi connectivity index (χ4v) is 2.49. The Hall–Kier alpha value is -2.34. The summed E-state index contributed by atoms with van der Waals surface area (Å²) in [7, 11) is 1.63. The minimum absolute atomic E-state index is 0.228. The third-order valence-electron chi connectivity index (χ3n) is 3.58. The molecule has 1 aliphatic rings. The van der Waals surface area contributed by atoms with Crippen molar-refractivity contribution >= 4 is 11.8 Å². The van der Waals surface area contributed by atoms with Gasteiger partial charge in [0.15, 0.2) is 0 Å². The minimum Gasteiger partial charge on any atom is -0.497 e. The van der Waals surface area contributed by atoms with Crippen molar-refractivity contribution in [2.75, 3.05) is 30.8 Å². The van der Waals surface area contributed by atoms with Crippen LogP contribution in [0.1, 0.15) is 6.42 Å². The second kappa shape index (κ2) is 5.57. The van der Waals surface area contributed by atoms with Crippen LogP contribution in [0.3, 0.4) is 0 Å². The molecule has 110 valence electrons. The largest absolute Gasteiger partial charge is 0.497 e. The van der Waals surface area contributed by atoms with Crippen LogP contribution in [0, 0.1) is 0 Å². The topological polar surface area (TPSA) is 84.5 Å². The summed E-state index contributed by atoms with van der Waals surface area (Å²) in [6.07, 6.45) is 0.444. The van der Waals surface area contributed by atoms with Gasteiger partial charge in [0.05, 0.1) is 18.9 Å². The zero-order valence-electron chi connectivity index (χ0n) is 11.9. The van der Waals surface area contributed by atoms with Crippen LogP contribution < -0.4 is 15.4 Å². The normalized spacial score (nSPS) is 18.0. The van der Waals surface area contributed by atoms with Gasteiger partial charge in [0.1, 0.15) is 11.6 Å². The maximum atomic E-state index is 9.65. The molecule has 0 spiro atoms. The van der Waals surface area contributed by atoms with E-state index >= 15 is 0 Å². The number of benzene rings is 1. The fourth-order valence-electron chi connectivity index (χ4n) is 2.49. The Morgan fingerprint density at radius 2 is 2.19 bits per heavy atom. The minimum atomic E-state index is -0.304. The number of aliphatic hydroxyl groups excluding tert-OH is 1. The lowest BCUT2D eigenvalue weighted by Crippen LogP contribution is -2.22. The highest BCUT2D eigenvalue weighted by molar-refractivity contribution is 5.66. The van der Waals surface area contributed by atoms with Crippen LogP contribution in [0.4, 0.5) is 11.8 Å². The Labute approximate surface area is 123 Å². The van der Waals surface area contributed by atoms with Crippen molar-refractivity contribution in [3.63, 3.8) is 0 Å². The van der Waals surface area contributed by atoms with E-state index in [1.807, 2.05) is 35.2 Å². The number of aliphatic hydroxyl groups is 1. The molecule has 21 heavy (non-hydrogen) atoms. The van der Waals surface area contributed by atoms with Crippen molar-refractivity contribution < 1.29 is 9.84 Å². The molecule has 1 unspecified atom stereocenters. The quantitative estimate of drug-likeness (QED) is 0.885. The molecule has 0 aliphatic carbocycles. The maximum absolute atomic E-state index is 9.65. The molecule has 0 radical (unpaired) electrons. The highest BCUT2D eigenvalue weighted by atomic mass is 16.5. The van der Waals surface area contributed by atoms with Crippen LogP contribution in [0.25, 0.3) is 11.3 Å². The molecule has 3 rings (SSSR count). The fraction of sp³-hybridized carbons (Fsp3) is 0.333. The Morgan fingerprint density at radius 3 is 2.90 bits per heavy atom. The van der Waals surface area contributed by atoms with Crippen molar-refractivity contribution in [2.45, 2.75) is 12.5 Å². The summed E-state index contributed by atoms with van der Waals surface area (Å²) in [4.78, 5) is 10.6. The van der Waals surface area contributed by atoms with E-state index < -0.39 is 0 Å². The smallest absolute Gasteiger partial charge is 0.222 e. The molecule has 0 amide bonds. The monoisotopic (exact) mass is 286 g/mol. The van der Waals surface area contributed by atoms with Crippen LogP contribution in [-0.2, 0) is 0 Å². The molecule has 0 saturated carbocycles. The Morgan fingerprint density at radius 1 is 1.33 bits per heavy atom. The summed E-state index contributed by atoms with van der Waals surface area (Å²) in [5.41, 5.74) is 7.50. The highest BCUT2D eigenvalue weighted by Gasteiger charge is 2.22. The van der Waals surface area contributed by atoms with E-state index in [1.165, 1.54) is 0 Å². The summed E-state index contributed by atoms with van der Waals surface area (Å²) in [5, 5.41) is 9.65. The number of aromatic nitrogens is 2. The Balaban J connectivity index is 1.97. The summed E-state index contributed by atoms with van der Waals surface area (Å²) in [6, 6.07) is 9.54. The molecule has 1 aliphatic heterocycles. The molecule has 6 heteroatoms. The number of anilines is 2. The summed E-state index contributed by atoms with van der Waals surface area (Å²) in [5.74, 6) is 1.74. The SMILES string of the molecule is COc1cccc(-c2cc(N3CCC(O)C3)nc(N)n2)c1. The number of hydrogen-bond acceptors (Lipinski definition) is 6. The van der Waals surface area contributed by atoms with Crippen LogP contribution in [0.5, 0.6) is 5.75 Å². The van der Waals surface area contributed by atoms with Gasteiger partial charge in [0, 0.05) is 24.7 Å². The molecule has 3 N–H and O–H groups in total. The van der Waals surface area contributed by atoms with Crippen molar-refractivity contribution in [1.29, 1.82) is 0 Å². The number of β-amino-alcohol motifs (C(OH)–C–C–N with tert-alkyl or cyclic N) is 1. The summed E-state index contributed by atoms with van der Waals surface area (Å²) in [6.45, 7) is 1.35. The number of nitrogen functional groups attached to an aromatic ring is 1. The maximum Gasteiger partial charge on any atom is 0.222 e. The third-order valence-corrected chi connectivity index (χ3v) is 3.58. The van der Waals surface area contributed by atoms with Crippen molar-refractivity contribution in [3.05, 3.63) is 30.3 Å². The van der Waals surface area contributed by atoms with Gasteiger partial charge in [-0.05, 0) is 18.6 Å². The first-order valence-electron chi connectivity index (χ1n) is 6.87. The van der Waals surface area contributed by atoms with E-state index in [9.17, 15) is 5.11 Å². The molecule has 1 fully saturated rings. The predicted octanol–water partition coefficient (Wildman–Crippen LogP) is 1.31. The lowest BCUT2D eigenvalue weighted by molar-refractivity contribution is 0.198. The zero-order valence-corrected chi connectivity index (χ0v) is 11.9. The molecule has 2 aromatic rings. The van der Waals surface area contributed by atoms with Crippen LogP contribution in [-0.4, -0.2) is 41.4 Å². The highest BCUT2D eigenvalue weighted by Crippen LogP contribution is 2.27. The van der Waals surface area contributed by atoms with E-state index in [-0.39, 0.29) is 12.1 Å². The summed E-state index contributed by atoms with van der Waals surface area (Å²) < 4.78 is 5.23. The number of hydrogen-bond donors (Lipinski definition) is 2. The summed E-state index contributed by atoms with van der Waals surface area (Å²) >= 11 is 0. The van der Waals surface area contributed by atoms with E-state index in [0.29, 0.717) is 6.54 Å². The van der Waals surface area contributed by atoms with E-state index in [0.717, 1.165) is 35.8 Å². The predicted molar refractivity (Wildman–Crippen MR) is 81.3 cm³/mol. The van der Waals surface area contributed by atoms with Gasteiger partial charge < -0.3 is 20.5 Å². The molecule has 0 bridgehead atoms. The van der Waals surface area contributed by atoms with Crippen LogP contribution >= 0.6 is 0 Å². The molecule has 1 aromatic carbocycles. The van der Waals surface area contributed by atoms with Gasteiger partial charge in [-0.15, -0.1) is 0 Å². The number of ether oxygens (including phenoxy) is 1. The van der Waals surface area contributed by atoms with Crippen LogP contribution in [0.15, 0.2) is 30.3 Å². The molecular weight excluding hydrogens is 268 g/mol. The molecular formula is C15H18N4O2. The average molecular weight is 286 g/mol. The van der Waals surface area contributed by atoms with Gasteiger partial charge in [-0.1, -0.05) is 12.1 Å². The molecule has 1 atom stereocenters. The first-order valence-corrected chi connectivity index (χ1v) is 6.87. The van der Waals surface area contributed by atoms with Gasteiger partial charge in [-0.2, -0.15) is 4.98 Å². The molecule has 1 aromatic heterocycles. The van der Waals surface area contributed by atoms with E-state index in [4.69, 9.17) is 10.5 Å². The van der Waals surface area contributed by atoms with Crippen molar-refractivity contribution in [2.24, 2.45) is 0 Å². The first-order chi connectivity index (χ1) is 10.2. The van der Waals surface area contributed by atoms with Crippen molar-refractivity contribution in [3.8, 4) is 17.0 Å². The average Bonchev–Trinajstić information content (AvgIpc) is 2.93. The second-order valence-corrected chi connectivity index (χ2v) is 5.09. The standard InChI is InChI=1S/C15H18N4O2/c1-21-12-4-2-3-10(7-12)13-8-14(18-15(16)17-13)19-6-5-11(20)9-19/h2-4,7-8,11,20H,5-6,9H2,1H3,(H2,16,17,18). The Bertz CT molecular complexity index is 647. The number of nitrogens with zero attached hydrogens (tertiary/aromatic N) is 3. The second-order valence-electron chi connectivity index (χ2n) is 5.09. The van der Waals surface area contributed by atoms with Gasteiger partial charge in [-0.25, -0.2) is 4.98 Å². The zero-order chi connectivity index (χ0) is 14.8. The molecule has 2 heterocycles. The van der Waals surface area contributed by atoms with Gasteiger partial charge in [0.2, 0.25) is 5.95 Å². The lowest BCUT2D eigenvalue weighted by atomic mass is 10.1. The van der Waals surface area contributed by atoms with Gasteiger partial charge in [-0.3, -0.25) is 0 Å². The Kier molecular flexibility index (Phi) is 3.62. The van der Waals surface area contributed by atoms with Gasteiger partial charge >= 0.3 is 0 Å². The molecule has 6 nitrogen and oxygen atoms in total. The number of nitrogens with two attached hydrogens (primary N) is 1. The number of rotatable bonds is 3. The van der Waals surface area contributed by atoms with Gasteiger partial charge in [0.25, 0.3) is 0 Å². The van der Waals surface area contributed by atoms with E-state index in [1.54, 1.807) is 7.11 Å². The van der Waals surface area contributed by atoms with Crippen molar-refractivity contribution in [1.82, 2.24) is 9.97 Å². The van der Waals surface area contributed by atoms with Crippen LogP contribution in [0.2, 0.25) is 0 Å². The lowest BCUT2D eigenvalue weighted by Gasteiger charge is -2.17. The molecule has 1 saturated heterocycles. The number of methoxy groups -OCH3 is 1. The first kappa shape index (κ1) is 13.6. The van der Waals surface area contributed by atoms with E-state index in [2.05, 4.69) is 9.97 Å². The third kappa shape index (κ3) is 2.90.